The van der Waals surface area contributed by atoms with E-state index in [1.54, 1.807) is 0 Å². The summed E-state index contributed by atoms with van der Waals surface area (Å²) in [6.45, 7) is 4.17. The fourth-order valence-corrected chi connectivity index (χ4v) is 2.16. The van der Waals surface area contributed by atoms with Crippen molar-refractivity contribution in [3.05, 3.63) is 0 Å². The summed E-state index contributed by atoms with van der Waals surface area (Å²) in [6.07, 6.45) is 5.52. The minimum Gasteiger partial charge on any atom is -0.395 e. The smallest absolute Gasteiger partial charge is 0.0683 e. The third-order valence-electron chi connectivity index (χ3n) is 3.02. The van der Waals surface area contributed by atoms with E-state index in [1.165, 1.54) is 25.7 Å². The second kappa shape index (κ2) is 6.38. The highest BCUT2D eigenvalue weighted by Crippen LogP contribution is 2.18. The van der Waals surface area contributed by atoms with Crippen LogP contribution in [0.2, 0.25) is 0 Å². The van der Waals surface area contributed by atoms with Gasteiger partial charge in [0.05, 0.1) is 12.7 Å². The van der Waals surface area contributed by atoms with E-state index >= 15 is 0 Å². The number of hydrogen-bond acceptors (Lipinski definition) is 3. The topological polar surface area (TPSA) is 43.7 Å². The van der Waals surface area contributed by atoms with E-state index in [9.17, 15) is 5.11 Å². The van der Waals surface area contributed by atoms with Gasteiger partial charge in [0.1, 0.15) is 0 Å². The van der Waals surface area contributed by atoms with Gasteiger partial charge in [-0.3, -0.25) is 4.90 Å². The first-order chi connectivity index (χ1) is 6.77. The summed E-state index contributed by atoms with van der Waals surface area (Å²) in [5, 5.41) is 18.6. The van der Waals surface area contributed by atoms with Crippen molar-refractivity contribution >= 4 is 0 Å². The van der Waals surface area contributed by atoms with Crippen LogP contribution in [0.1, 0.15) is 39.0 Å². The minimum absolute atomic E-state index is 0.185. The summed E-state index contributed by atoms with van der Waals surface area (Å²) < 4.78 is 0. The van der Waals surface area contributed by atoms with Gasteiger partial charge in [0.25, 0.3) is 0 Å². The zero-order valence-corrected chi connectivity index (χ0v) is 9.15. The lowest BCUT2D eigenvalue weighted by molar-refractivity contribution is 0.153. The molecule has 14 heavy (non-hydrogen) atoms. The van der Waals surface area contributed by atoms with Gasteiger partial charge in [0.2, 0.25) is 0 Å². The van der Waals surface area contributed by atoms with Gasteiger partial charge in [0, 0.05) is 12.6 Å². The van der Waals surface area contributed by atoms with Crippen LogP contribution in [-0.2, 0) is 0 Å². The Morgan fingerprint density at radius 2 is 2.07 bits per heavy atom. The van der Waals surface area contributed by atoms with E-state index in [4.69, 9.17) is 5.11 Å². The maximum atomic E-state index is 9.45. The Morgan fingerprint density at radius 3 is 2.71 bits per heavy atom. The summed E-state index contributed by atoms with van der Waals surface area (Å²) in [7, 11) is 0. The van der Waals surface area contributed by atoms with E-state index in [-0.39, 0.29) is 18.8 Å². The zero-order chi connectivity index (χ0) is 10.4. The second-order valence-electron chi connectivity index (χ2n) is 4.28. The van der Waals surface area contributed by atoms with Crippen molar-refractivity contribution in [2.75, 3.05) is 19.7 Å². The summed E-state index contributed by atoms with van der Waals surface area (Å²) >= 11 is 0. The van der Waals surface area contributed by atoms with Crippen LogP contribution in [0.5, 0.6) is 0 Å². The molecule has 0 spiro atoms. The average Bonchev–Trinajstić information content (AvgIpc) is 2.54. The average molecular weight is 201 g/mol. The van der Waals surface area contributed by atoms with Crippen LogP contribution < -0.4 is 0 Å². The van der Waals surface area contributed by atoms with E-state index in [0.29, 0.717) is 0 Å². The predicted molar refractivity (Wildman–Crippen MR) is 57.2 cm³/mol. The van der Waals surface area contributed by atoms with Crippen molar-refractivity contribution in [1.82, 2.24) is 4.90 Å². The first kappa shape index (κ1) is 12.0. The van der Waals surface area contributed by atoms with E-state index in [2.05, 4.69) is 11.8 Å². The Bertz CT molecular complexity index is 152. The van der Waals surface area contributed by atoms with Gasteiger partial charge in [-0.05, 0) is 19.4 Å². The van der Waals surface area contributed by atoms with Crippen LogP contribution in [0.15, 0.2) is 0 Å². The maximum absolute atomic E-state index is 9.45. The molecule has 0 aliphatic carbocycles. The molecule has 0 radical (unpaired) electrons. The lowest BCUT2D eigenvalue weighted by Crippen LogP contribution is -2.33. The van der Waals surface area contributed by atoms with Gasteiger partial charge in [-0.25, -0.2) is 0 Å². The molecule has 1 aliphatic heterocycles. The molecule has 0 amide bonds. The van der Waals surface area contributed by atoms with Crippen LogP contribution in [0.3, 0.4) is 0 Å². The number of likely N-dealkylation sites (tertiary alicyclic amines) is 1. The van der Waals surface area contributed by atoms with Crippen molar-refractivity contribution in [3.63, 3.8) is 0 Å². The van der Waals surface area contributed by atoms with Crippen LogP contribution in [0.4, 0.5) is 0 Å². The molecule has 2 atom stereocenters. The lowest BCUT2D eigenvalue weighted by atomic mass is 10.2. The van der Waals surface area contributed by atoms with Crippen molar-refractivity contribution in [1.29, 1.82) is 0 Å². The maximum Gasteiger partial charge on any atom is 0.0683 e. The molecule has 0 saturated carbocycles. The van der Waals surface area contributed by atoms with Crippen LogP contribution in [-0.4, -0.2) is 47.0 Å². The number of nitrogens with zero attached hydrogens (tertiary/aromatic N) is 1. The van der Waals surface area contributed by atoms with Crippen LogP contribution >= 0.6 is 0 Å². The van der Waals surface area contributed by atoms with Gasteiger partial charge >= 0.3 is 0 Å². The summed E-state index contributed by atoms with van der Waals surface area (Å²) in [4.78, 5) is 2.22. The third-order valence-corrected chi connectivity index (χ3v) is 3.02. The van der Waals surface area contributed by atoms with Gasteiger partial charge < -0.3 is 10.2 Å². The lowest BCUT2D eigenvalue weighted by Gasteiger charge is -2.21. The summed E-state index contributed by atoms with van der Waals surface area (Å²) in [5.41, 5.74) is 0. The van der Waals surface area contributed by atoms with Gasteiger partial charge in [-0.2, -0.15) is 0 Å². The highest BCUT2D eigenvalue weighted by Gasteiger charge is 2.29. The molecular weight excluding hydrogens is 178 g/mol. The molecule has 1 fully saturated rings. The third kappa shape index (κ3) is 3.56. The molecule has 2 N–H and O–H groups in total. The summed E-state index contributed by atoms with van der Waals surface area (Å²) in [6, 6.07) is 0.201. The number of rotatable bonds is 6. The molecule has 1 saturated heterocycles. The number of β-amino-alcohol motifs (C(OH)–C–C–N with tert-alkyl or cyclic N) is 1. The van der Waals surface area contributed by atoms with Crippen LogP contribution in [0, 0.1) is 0 Å². The molecule has 0 aromatic carbocycles. The first-order valence-corrected chi connectivity index (χ1v) is 5.81. The van der Waals surface area contributed by atoms with Gasteiger partial charge in [-0.1, -0.05) is 26.2 Å². The Morgan fingerprint density at radius 1 is 1.29 bits per heavy atom. The van der Waals surface area contributed by atoms with Gasteiger partial charge in [0.15, 0.2) is 0 Å². The monoisotopic (exact) mass is 201 g/mol. The molecule has 0 bridgehead atoms. The van der Waals surface area contributed by atoms with Crippen molar-refractivity contribution in [2.45, 2.75) is 51.2 Å². The molecule has 0 aromatic rings. The van der Waals surface area contributed by atoms with Crippen molar-refractivity contribution < 1.29 is 10.2 Å². The van der Waals surface area contributed by atoms with E-state index in [0.717, 1.165) is 19.5 Å². The number of unbranched alkanes of at least 4 members (excludes halogenated alkanes) is 3. The number of aliphatic hydroxyl groups excluding tert-OH is 2. The van der Waals surface area contributed by atoms with Crippen LogP contribution in [0.25, 0.3) is 0 Å². The fraction of sp³-hybridized carbons (Fsp3) is 1.00. The Balaban J connectivity index is 2.15. The SMILES string of the molecule is CCCCCCN1CC(O)C[C@H]1CO. The Kier molecular flexibility index (Phi) is 5.45. The minimum atomic E-state index is -0.224. The second-order valence-corrected chi connectivity index (χ2v) is 4.28. The van der Waals surface area contributed by atoms with Crippen molar-refractivity contribution in [3.8, 4) is 0 Å². The standard InChI is InChI=1S/C11H23NO2/c1-2-3-4-5-6-12-8-11(14)7-10(12)9-13/h10-11,13-14H,2-9H2,1H3/t10-,11?/m0/s1. The molecule has 84 valence electrons. The highest BCUT2D eigenvalue weighted by molar-refractivity contribution is 4.84. The molecule has 1 unspecified atom stereocenters. The molecule has 1 aliphatic rings. The molecule has 3 nitrogen and oxygen atoms in total. The predicted octanol–water partition coefficient (Wildman–Crippen LogP) is 0.994. The highest BCUT2D eigenvalue weighted by atomic mass is 16.3. The quantitative estimate of drug-likeness (QED) is 0.630. The van der Waals surface area contributed by atoms with E-state index in [1.807, 2.05) is 0 Å². The number of hydrogen-bond donors (Lipinski definition) is 2. The van der Waals surface area contributed by atoms with Gasteiger partial charge in [-0.15, -0.1) is 0 Å². The normalized spacial score (nSPS) is 28.5. The molecule has 1 heterocycles. The molecule has 1 rings (SSSR count). The zero-order valence-electron chi connectivity index (χ0n) is 9.15. The number of aliphatic hydroxyl groups is 2. The van der Waals surface area contributed by atoms with Crippen molar-refractivity contribution in [2.24, 2.45) is 0 Å². The largest absolute Gasteiger partial charge is 0.395 e. The molecule has 0 aromatic heterocycles. The Labute approximate surface area is 86.7 Å². The van der Waals surface area contributed by atoms with E-state index < -0.39 is 0 Å². The molecule has 3 heteroatoms. The summed E-state index contributed by atoms with van der Waals surface area (Å²) in [5.74, 6) is 0. The first-order valence-electron chi connectivity index (χ1n) is 5.81. The molecular formula is C11H23NO2. The Hall–Kier alpha value is -0.120. The fourth-order valence-electron chi connectivity index (χ4n) is 2.16.